The topological polar surface area (TPSA) is 72.6 Å². The highest BCUT2D eigenvalue weighted by Gasteiger charge is 2.16. The zero-order valence-corrected chi connectivity index (χ0v) is 16.0. The lowest BCUT2D eigenvalue weighted by atomic mass is 10.1. The molecule has 0 fully saturated rings. The van der Waals surface area contributed by atoms with E-state index in [-0.39, 0.29) is 5.91 Å². The molecular weight excluding hydrogens is 344 g/mol. The van der Waals surface area contributed by atoms with Crippen LogP contribution >= 0.6 is 0 Å². The Morgan fingerprint density at radius 1 is 1.04 bits per heavy atom. The van der Waals surface area contributed by atoms with Crippen molar-refractivity contribution in [1.29, 1.82) is 0 Å². The molecule has 0 radical (unpaired) electrons. The number of hydrogen-bond donors (Lipinski definition) is 2. The summed E-state index contributed by atoms with van der Waals surface area (Å²) in [5, 5.41) is 3.88. The van der Waals surface area contributed by atoms with Crippen LogP contribution in [0.15, 0.2) is 36.4 Å². The van der Waals surface area contributed by atoms with Gasteiger partial charge in [-0.1, -0.05) is 0 Å². The molecule has 2 aromatic carbocycles. The van der Waals surface area contributed by atoms with Gasteiger partial charge in [-0.15, -0.1) is 0 Å². The summed E-state index contributed by atoms with van der Waals surface area (Å²) in [4.78, 5) is 16.0. The van der Waals surface area contributed by atoms with E-state index in [1.54, 1.807) is 25.3 Å². The number of anilines is 1. The molecule has 0 saturated heterocycles. The molecular formula is C21H24N2O4. The summed E-state index contributed by atoms with van der Waals surface area (Å²) < 4.78 is 16.4. The minimum atomic E-state index is -0.214. The molecule has 0 unspecified atom stereocenters. The third kappa shape index (κ3) is 3.84. The number of benzene rings is 2. The fourth-order valence-corrected chi connectivity index (χ4v) is 3.01. The molecule has 3 rings (SSSR count). The van der Waals surface area contributed by atoms with Crippen LogP contribution in [0.1, 0.15) is 29.9 Å². The van der Waals surface area contributed by atoms with E-state index in [4.69, 9.17) is 14.2 Å². The van der Waals surface area contributed by atoms with Gasteiger partial charge >= 0.3 is 0 Å². The Morgan fingerprint density at radius 2 is 1.81 bits per heavy atom. The monoisotopic (exact) mass is 368 g/mol. The van der Waals surface area contributed by atoms with Crippen LogP contribution in [-0.4, -0.2) is 31.2 Å². The van der Waals surface area contributed by atoms with E-state index in [2.05, 4.69) is 10.3 Å². The number of rotatable bonds is 7. The van der Waals surface area contributed by atoms with Gasteiger partial charge in [-0.25, -0.2) is 0 Å². The van der Waals surface area contributed by atoms with Gasteiger partial charge in [0.25, 0.3) is 5.91 Å². The lowest BCUT2D eigenvalue weighted by Gasteiger charge is -2.11. The van der Waals surface area contributed by atoms with Crippen LogP contribution < -0.4 is 19.5 Å². The highest BCUT2D eigenvalue weighted by Crippen LogP contribution is 2.31. The molecule has 0 spiro atoms. The molecule has 6 nitrogen and oxygen atoms in total. The molecule has 3 aromatic rings. The summed E-state index contributed by atoms with van der Waals surface area (Å²) >= 11 is 0. The van der Waals surface area contributed by atoms with Crippen molar-refractivity contribution in [3.63, 3.8) is 0 Å². The Labute approximate surface area is 158 Å². The lowest BCUT2D eigenvalue weighted by molar-refractivity contribution is 0.102. The number of H-pyrrole nitrogens is 1. The molecule has 1 heterocycles. The molecule has 0 aliphatic rings. The minimum Gasteiger partial charge on any atom is -0.494 e. The highest BCUT2D eigenvalue weighted by atomic mass is 16.5. The van der Waals surface area contributed by atoms with E-state index in [1.165, 1.54) is 0 Å². The standard InChI is InChI=1S/C21H24N2O4/c1-5-26-15-8-9-17-16(12-15)13(3)20(23-17)21(24)22-14-7-10-18(25-4)19(11-14)27-6-2/h7-12,23H,5-6H2,1-4H3,(H,22,24). The zero-order valence-electron chi connectivity index (χ0n) is 16.0. The van der Waals surface area contributed by atoms with Crippen molar-refractivity contribution in [3.8, 4) is 17.2 Å². The molecule has 0 bridgehead atoms. The number of ether oxygens (including phenoxy) is 3. The summed E-state index contributed by atoms with van der Waals surface area (Å²) in [6, 6.07) is 11.1. The molecule has 1 aromatic heterocycles. The maximum atomic E-state index is 12.8. The van der Waals surface area contributed by atoms with Gasteiger partial charge in [0.1, 0.15) is 11.4 Å². The van der Waals surface area contributed by atoms with E-state index in [0.29, 0.717) is 36.1 Å². The number of aromatic amines is 1. The van der Waals surface area contributed by atoms with Gasteiger partial charge < -0.3 is 24.5 Å². The van der Waals surface area contributed by atoms with E-state index in [1.807, 2.05) is 39.0 Å². The highest BCUT2D eigenvalue weighted by molar-refractivity contribution is 6.08. The summed E-state index contributed by atoms with van der Waals surface area (Å²) in [6.07, 6.45) is 0. The number of carbonyl (C=O) groups is 1. The smallest absolute Gasteiger partial charge is 0.272 e. The lowest BCUT2D eigenvalue weighted by Crippen LogP contribution is -2.13. The Morgan fingerprint density at radius 3 is 2.52 bits per heavy atom. The van der Waals surface area contributed by atoms with Gasteiger partial charge in [-0.05, 0) is 56.7 Å². The first-order chi connectivity index (χ1) is 13.1. The molecule has 1 amide bonds. The normalized spacial score (nSPS) is 10.7. The maximum Gasteiger partial charge on any atom is 0.272 e. The summed E-state index contributed by atoms with van der Waals surface area (Å²) in [6.45, 7) is 6.87. The van der Waals surface area contributed by atoms with Crippen LogP contribution in [0, 0.1) is 6.92 Å². The first-order valence-electron chi connectivity index (χ1n) is 8.94. The van der Waals surface area contributed by atoms with Crippen LogP contribution in [0.5, 0.6) is 17.2 Å². The molecule has 0 atom stereocenters. The molecule has 27 heavy (non-hydrogen) atoms. The maximum absolute atomic E-state index is 12.8. The average Bonchev–Trinajstić information content (AvgIpc) is 2.99. The number of fused-ring (bicyclic) bond motifs is 1. The fourth-order valence-electron chi connectivity index (χ4n) is 3.01. The number of methoxy groups -OCH3 is 1. The molecule has 0 aliphatic carbocycles. The van der Waals surface area contributed by atoms with E-state index in [0.717, 1.165) is 22.2 Å². The Hall–Kier alpha value is -3.15. The molecule has 0 saturated carbocycles. The summed E-state index contributed by atoms with van der Waals surface area (Å²) in [5.74, 6) is 1.79. The zero-order chi connectivity index (χ0) is 19.4. The number of carbonyl (C=O) groups excluding carboxylic acids is 1. The quantitative estimate of drug-likeness (QED) is 0.642. The first kappa shape index (κ1) is 18.6. The molecule has 2 N–H and O–H groups in total. The van der Waals surface area contributed by atoms with Gasteiger partial charge in [0.05, 0.1) is 20.3 Å². The Kier molecular flexibility index (Phi) is 5.54. The fraction of sp³-hybridized carbons (Fsp3) is 0.286. The molecule has 0 aliphatic heterocycles. The predicted octanol–water partition coefficient (Wildman–Crippen LogP) is 4.53. The van der Waals surface area contributed by atoms with Crippen molar-refractivity contribution < 1.29 is 19.0 Å². The van der Waals surface area contributed by atoms with Crippen molar-refractivity contribution in [2.75, 3.05) is 25.6 Å². The van der Waals surface area contributed by atoms with Crippen molar-refractivity contribution in [1.82, 2.24) is 4.98 Å². The van der Waals surface area contributed by atoms with Crippen LogP contribution in [0.4, 0.5) is 5.69 Å². The van der Waals surface area contributed by atoms with E-state index < -0.39 is 0 Å². The molecule has 6 heteroatoms. The number of aromatic nitrogens is 1. The minimum absolute atomic E-state index is 0.214. The van der Waals surface area contributed by atoms with E-state index in [9.17, 15) is 4.79 Å². The number of hydrogen-bond acceptors (Lipinski definition) is 4. The van der Waals surface area contributed by atoms with Crippen LogP contribution in [-0.2, 0) is 0 Å². The SMILES string of the molecule is CCOc1ccc2[nH]c(C(=O)Nc3ccc(OC)c(OCC)c3)c(C)c2c1. The van der Waals surface area contributed by atoms with Crippen LogP contribution in [0.3, 0.4) is 0 Å². The van der Waals surface area contributed by atoms with Crippen molar-refractivity contribution in [2.45, 2.75) is 20.8 Å². The van der Waals surface area contributed by atoms with Gasteiger partial charge in [0.15, 0.2) is 11.5 Å². The van der Waals surface area contributed by atoms with Crippen molar-refractivity contribution in [2.24, 2.45) is 0 Å². The number of aryl methyl sites for hydroxylation is 1. The van der Waals surface area contributed by atoms with Gasteiger partial charge in [-0.2, -0.15) is 0 Å². The van der Waals surface area contributed by atoms with E-state index >= 15 is 0 Å². The third-order valence-electron chi connectivity index (χ3n) is 4.29. The number of nitrogens with one attached hydrogen (secondary N) is 2. The molecule has 142 valence electrons. The largest absolute Gasteiger partial charge is 0.494 e. The van der Waals surface area contributed by atoms with Gasteiger partial charge in [0.2, 0.25) is 0 Å². The van der Waals surface area contributed by atoms with Gasteiger partial charge in [0, 0.05) is 22.7 Å². The second kappa shape index (κ2) is 8.03. The first-order valence-corrected chi connectivity index (χ1v) is 8.94. The van der Waals surface area contributed by atoms with Crippen LogP contribution in [0.2, 0.25) is 0 Å². The summed E-state index contributed by atoms with van der Waals surface area (Å²) in [7, 11) is 1.58. The van der Waals surface area contributed by atoms with Crippen molar-refractivity contribution >= 4 is 22.5 Å². The predicted molar refractivity (Wildman–Crippen MR) is 106 cm³/mol. The second-order valence-corrected chi connectivity index (χ2v) is 6.02. The van der Waals surface area contributed by atoms with Crippen LogP contribution in [0.25, 0.3) is 10.9 Å². The summed E-state index contributed by atoms with van der Waals surface area (Å²) in [5.41, 5.74) is 2.93. The Balaban J connectivity index is 1.88. The number of amides is 1. The van der Waals surface area contributed by atoms with Gasteiger partial charge in [-0.3, -0.25) is 4.79 Å². The third-order valence-corrected chi connectivity index (χ3v) is 4.29. The van der Waals surface area contributed by atoms with Crippen molar-refractivity contribution in [3.05, 3.63) is 47.7 Å². The Bertz CT molecular complexity index is 962. The average molecular weight is 368 g/mol. The second-order valence-electron chi connectivity index (χ2n) is 6.02.